The van der Waals surface area contributed by atoms with Crippen LogP contribution in [0.15, 0.2) is 12.3 Å². The Morgan fingerprint density at radius 2 is 2.00 bits per heavy atom. The van der Waals surface area contributed by atoms with Crippen molar-refractivity contribution in [2.24, 2.45) is 5.73 Å². The molecule has 0 aliphatic heterocycles. The quantitative estimate of drug-likeness (QED) is 0.786. The summed E-state index contributed by atoms with van der Waals surface area (Å²) in [6.07, 6.45) is 5.18. The minimum atomic E-state index is 0.162. The predicted octanol–water partition coefficient (Wildman–Crippen LogP) is 1.68. The highest BCUT2D eigenvalue weighted by molar-refractivity contribution is 5.02. The Balaban J connectivity index is 2.56. The highest BCUT2D eigenvalue weighted by atomic mass is 15.3. The van der Waals surface area contributed by atoms with Crippen LogP contribution < -0.4 is 5.73 Å². The third kappa shape index (κ3) is 4.48. The van der Waals surface area contributed by atoms with Gasteiger partial charge in [0.15, 0.2) is 0 Å². The fourth-order valence-electron chi connectivity index (χ4n) is 2.15. The fraction of sp³-hybridized carbons (Fsp3) is 0.769. The minimum absolute atomic E-state index is 0.162. The molecule has 0 amide bonds. The average molecular weight is 238 g/mol. The largest absolute Gasteiger partial charge is 0.326 e. The lowest BCUT2D eigenvalue weighted by Crippen LogP contribution is -2.35. The molecule has 0 bridgehead atoms. The van der Waals surface area contributed by atoms with Crippen molar-refractivity contribution in [1.82, 2.24) is 14.7 Å². The molecule has 17 heavy (non-hydrogen) atoms. The first kappa shape index (κ1) is 14.2. The van der Waals surface area contributed by atoms with E-state index in [1.165, 1.54) is 0 Å². The SMILES string of the molecule is CCC(CC)n1ccc(CC(N)CN(C)C)n1. The maximum atomic E-state index is 6.07. The van der Waals surface area contributed by atoms with Gasteiger partial charge in [-0.2, -0.15) is 5.10 Å². The van der Waals surface area contributed by atoms with Gasteiger partial charge in [-0.3, -0.25) is 4.68 Å². The molecule has 0 aliphatic rings. The minimum Gasteiger partial charge on any atom is -0.326 e. The summed E-state index contributed by atoms with van der Waals surface area (Å²) in [7, 11) is 4.09. The normalized spacial score (nSPS) is 13.6. The number of aromatic nitrogens is 2. The van der Waals surface area contributed by atoms with Crippen LogP contribution in [0.1, 0.15) is 38.4 Å². The molecule has 0 aliphatic carbocycles. The van der Waals surface area contributed by atoms with Gasteiger partial charge in [0.1, 0.15) is 0 Å². The molecule has 0 saturated carbocycles. The average Bonchev–Trinajstić information content (AvgIpc) is 2.67. The molecule has 1 rings (SSSR count). The molecule has 0 radical (unpaired) electrons. The van der Waals surface area contributed by atoms with Crippen LogP contribution in [-0.4, -0.2) is 41.4 Å². The van der Waals surface area contributed by atoms with E-state index in [9.17, 15) is 0 Å². The summed E-state index contributed by atoms with van der Waals surface area (Å²) in [6, 6.07) is 2.78. The number of hydrogen-bond donors (Lipinski definition) is 1. The molecule has 1 aromatic heterocycles. The van der Waals surface area contributed by atoms with E-state index in [1.807, 2.05) is 14.1 Å². The van der Waals surface area contributed by atoms with Gasteiger partial charge in [0, 0.05) is 25.2 Å². The lowest BCUT2D eigenvalue weighted by molar-refractivity contribution is 0.368. The molecule has 0 aromatic carbocycles. The maximum Gasteiger partial charge on any atom is 0.0640 e. The molecular formula is C13H26N4. The summed E-state index contributed by atoms with van der Waals surface area (Å²) in [5, 5.41) is 4.62. The van der Waals surface area contributed by atoms with E-state index in [4.69, 9.17) is 5.73 Å². The van der Waals surface area contributed by atoms with Crippen molar-refractivity contribution in [1.29, 1.82) is 0 Å². The molecule has 0 saturated heterocycles. The number of likely N-dealkylation sites (N-methyl/N-ethyl adjacent to an activating group) is 1. The van der Waals surface area contributed by atoms with Crippen molar-refractivity contribution in [2.45, 2.75) is 45.2 Å². The second-order valence-electron chi connectivity index (χ2n) is 4.98. The van der Waals surface area contributed by atoms with Crippen LogP contribution >= 0.6 is 0 Å². The Bertz CT molecular complexity index is 315. The third-order valence-electron chi connectivity index (χ3n) is 3.05. The van der Waals surface area contributed by atoms with Gasteiger partial charge in [-0.05, 0) is 33.0 Å². The maximum absolute atomic E-state index is 6.07. The predicted molar refractivity (Wildman–Crippen MR) is 72.1 cm³/mol. The summed E-state index contributed by atoms with van der Waals surface area (Å²) in [4.78, 5) is 2.11. The van der Waals surface area contributed by atoms with E-state index in [-0.39, 0.29) is 6.04 Å². The zero-order chi connectivity index (χ0) is 12.8. The molecule has 98 valence electrons. The topological polar surface area (TPSA) is 47.1 Å². The monoisotopic (exact) mass is 238 g/mol. The van der Waals surface area contributed by atoms with E-state index in [2.05, 4.69) is 40.8 Å². The Morgan fingerprint density at radius 3 is 2.53 bits per heavy atom. The molecule has 4 nitrogen and oxygen atoms in total. The number of nitrogens with two attached hydrogens (primary N) is 1. The molecule has 0 fully saturated rings. The summed E-state index contributed by atoms with van der Waals surface area (Å²) in [5.74, 6) is 0. The number of nitrogens with zero attached hydrogens (tertiary/aromatic N) is 3. The number of rotatable bonds is 7. The lowest BCUT2D eigenvalue weighted by atomic mass is 10.1. The lowest BCUT2D eigenvalue weighted by Gasteiger charge is -2.16. The van der Waals surface area contributed by atoms with Crippen LogP contribution in [0, 0.1) is 0 Å². The molecule has 1 unspecified atom stereocenters. The van der Waals surface area contributed by atoms with Gasteiger partial charge < -0.3 is 10.6 Å². The molecular weight excluding hydrogens is 212 g/mol. The smallest absolute Gasteiger partial charge is 0.0640 e. The molecule has 1 atom stereocenters. The van der Waals surface area contributed by atoms with Crippen LogP contribution in [0.25, 0.3) is 0 Å². The zero-order valence-electron chi connectivity index (χ0n) is 11.6. The van der Waals surface area contributed by atoms with Crippen molar-refractivity contribution in [2.75, 3.05) is 20.6 Å². The van der Waals surface area contributed by atoms with Gasteiger partial charge >= 0.3 is 0 Å². The summed E-state index contributed by atoms with van der Waals surface area (Å²) < 4.78 is 2.08. The number of hydrogen-bond acceptors (Lipinski definition) is 3. The molecule has 2 N–H and O–H groups in total. The molecule has 1 aromatic rings. The van der Waals surface area contributed by atoms with E-state index < -0.39 is 0 Å². The molecule has 4 heteroatoms. The second-order valence-corrected chi connectivity index (χ2v) is 4.98. The van der Waals surface area contributed by atoms with Crippen LogP contribution in [0.3, 0.4) is 0 Å². The van der Waals surface area contributed by atoms with Gasteiger partial charge in [0.2, 0.25) is 0 Å². The van der Waals surface area contributed by atoms with Gasteiger partial charge in [-0.1, -0.05) is 13.8 Å². The Morgan fingerprint density at radius 1 is 1.35 bits per heavy atom. The third-order valence-corrected chi connectivity index (χ3v) is 3.05. The van der Waals surface area contributed by atoms with Gasteiger partial charge in [0.25, 0.3) is 0 Å². The van der Waals surface area contributed by atoms with E-state index in [0.717, 1.165) is 31.5 Å². The summed E-state index contributed by atoms with van der Waals surface area (Å²) >= 11 is 0. The zero-order valence-corrected chi connectivity index (χ0v) is 11.6. The highest BCUT2D eigenvalue weighted by Crippen LogP contribution is 2.14. The van der Waals surface area contributed by atoms with Crippen molar-refractivity contribution < 1.29 is 0 Å². The van der Waals surface area contributed by atoms with E-state index in [0.29, 0.717) is 6.04 Å². The van der Waals surface area contributed by atoms with Crippen molar-refractivity contribution in [3.05, 3.63) is 18.0 Å². The van der Waals surface area contributed by atoms with Gasteiger partial charge in [0.05, 0.1) is 11.7 Å². The van der Waals surface area contributed by atoms with Crippen molar-refractivity contribution >= 4 is 0 Å². The first-order valence-corrected chi connectivity index (χ1v) is 6.51. The highest BCUT2D eigenvalue weighted by Gasteiger charge is 2.11. The van der Waals surface area contributed by atoms with Crippen LogP contribution in [0.2, 0.25) is 0 Å². The first-order valence-electron chi connectivity index (χ1n) is 6.51. The second kappa shape index (κ2) is 6.77. The van der Waals surface area contributed by atoms with E-state index in [1.54, 1.807) is 0 Å². The Labute approximate surface area is 105 Å². The fourth-order valence-corrected chi connectivity index (χ4v) is 2.15. The van der Waals surface area contributed by atoms with Crippen molar-refractivity contribution in [3.8, 4) is 0 Å². The van der Waals surface area contributed by atoms with Crippen LogP contribution in [-0.2, 0) is 6.42 Å². The molecule has 0 spiro atoms. The Kier molecular flexibility index (Phi) is 5.65. The summed E-state index contributed by atoms with van der Waals surface area (Å²) in [6.45, 7) is 5.30. The molecule has 1 heterocycles. The summed E-state index contributed by atoms with van der Waals surface area (Å²) in [5.41, 5.74) is 7.17. The van der Waals surface area contributed by atoms with Crippen molar-refractivity contribution in [3.63, 3.8) is 0 Å². The van der Waals surface area contributed by atoms with Gasteiger partial charge in [-0.25, -0.2) is 0 Å². The van der Waals surface area contributed by atoms with E-state index >= 15 is 0 Å². The van der Waals surface area contributed by atoms with Gasteiger partial charge in [-0.15, -0.1) is 0 Å². The van der Waals surface area contributed by atoms with Crippen LogP contribution in [0.5, 0.6) is 0 Å². The standard InChI is InChI=1S/C13H26N4/c1-5-13(6-2)17-8-7-12(15-17)9-11(14)10-16(3)4/h7-8,11,13H,5-6,9-10,14H2,1-4H3. The Hall–Kier alpha value is -0.870. The van der Waals surface area contributed by atoms with Crippen LogP contribution in [0.4, 0.5) is 0 Å². The first-order chi connectivity index (χ1) is 8.06.